The third-order valence-corrected chi connectivity index (χ3v) is 7.03. The van der Waals surface area contributed by atoms with Gasteiger partial charge in [0.2, 0.25) is 0 Å². The van der Waals surface area contributed by atoms with Gasteiger partial charge in [-0.1, -0.05) is 57.2 Å². The minimum atomic E-state index is 0.0169. The second-order valence-corrected chi connectivity index (χ2v) is 9.72. The molecule has 5 aromatic rings. The van der Waals surface area contributed by atoms with Crippen LogP contribution in [0.5, 0.6) is 0 Å². The Balaban J connectivity index is 1.86. The van der Waals surface area contributed by atoms with Gasteiger partial charge >= 0.3 is 0 Å². The Bertz CT molecular complexity index is 1500. The number of hydrogen-bond donors (Lipinski definition) is 0. The standard InChI is InChI=1S/C26H21N3S/c1-15-21(27-5)11-10-19-23-25(30-24(15)19)22(28-14-29-23)17-12-16-8-6-7-9-18(16)20(13-17)26(2,3)4/h6-14H,1-4H3. The minimum Gasteiger partial charge on any atom is -0.238 e. The Kier molecular flexibility index (Phi) is 4.13. The van der Waals surface area contributed by atoms with Gasteiger partial charge in [-0.25, -0.2) is 14.8 Å². The smallest absolute Gasteiger partial charge is 0.191 e. The SMILES string of the molecule is [C-]#[N+]c1ccc2c(sc3c(-c4cc(C(C)(C)C)c5ccccc5c4)ncnc32)c1C. The molecule has 0 saturated heterocycles. The second-order valence-electron chi connectivity index (χ2n) is 8.70. The molecule has 0 radical (unpaired) electrons. The lowest BCUT2D eigenvalue weighted by Gasteiger charge is -2.22. The van der Waals surface area contributed by atoms with Crippen molar-refractivity contribution in [2.24, 2.45) is 0 Å². The molecule has 0 spiro atoms. The number of nitrogens with zero attached hydrogens (tertiary/aromatic N) is 3. The van der Waals surface area contributed by atoms with Gasteiger partial charge in [0.15, 0.2) is 5.69 Å². The van der Waals surface area contributed by atoms with E-state index in [-0.39, 0.29) is 5.41 Å². The molecule has 2 aromatic heterocycles. The number of rotatable bonds is 1. The molecule has 0 atom stereocenters. The summed E-state index contributed by atoms with van der Waals surface area (Å²) in [6, 6.07) is 17.0. The minimum absolute atomic E-state index is 0.0169. The Hall–Kier alpha value is -3.29. The number of benzene rings is 3. The number of fused-ring (bicyclic) bond motifs is 4. The number of hydrogen-bond acceptors (Lipinski definition) is 3. The molecule has 0 aliphatic rings. The topological polar surface area (TPSA) is 30.1 Å². The quantitative estimate of drug-likeness (QED) is 0.265. The molecule has 2 heterocycles. The summed E-state index contributed by atoms with van der Waals surface area (Å²) >= 11 is 1.69. The van der Waals surface area contributed by atoms with Crippen LogP contribution in [0.4, 0.5) is 5.69 Å². The van der Waals surface area contributed by atoms with Crippen LogP contribution in [0.25, 0.3) is 47.2 Å². The van der Waals surface area contributed by atoms with Gasteiger partial charge in [-0.3, -0.25) is 0 Å². The largest absolute Gasteiger partial charge is 0.238 e. The van der Waals surface area contributed by atoms with Gasteiger partial charge < -0.3 is 0 Å². The van der Waals surface area contributed by atoms with Crippen LogP contribution in [0.2, 0.25) is 0 Å². The second kappa shape index (κ2) is 6.62. The van der Waals surface area contributed by atoms with Gasteiger partial charge in [0, 0.05) is 15.6 Å². The van der Waals surface area contributed by atoms with Crippen LogP contribution in [0.15, 0.2) is 54.9 Å². The van der Waals surface area contributed by atoms with Crippen molar-refractivity contribution in [3.8, 4) is 11.3 Å². The maximum atomic E-state index is 7.43. The Labute approximate surface area is 179 Å². The van der Waals surface area contributed by atoms with E-state index in [1.807, 2.05) is 19.1 Å². The molecule has 3 nitrogen and oxygen atoms in total. The van der Waals surface area contributed by atoms with Gasteiger partial charge in [0.1, 0.15) is 6.33 Å². The third-order valence-electron chi connectivity index (χ3n) is 5.70. The molecule has 0 unspecified atom stereocenters. The van der Waals surface area contributed by atoms with Crippen LogP contribution >= 0.6 is 11.3 Å². The van der Waals surface area contributed by atoms with E-state index in [4.69, 9.17) is 11.6 Å². The molecule has 0 aliphatic carbocycles. The first-order chi connectivity index (χ1) is 14.4. The van der Waals surface area contributed by atoms with Crippen molar-refractivity contribution >= 4 is 48.1 Å². The van der Waals surface area contributed by atoms with Gasteiger partial charge in [-0.15, -0.1) is 11.3 Å². The zero-order chi connectivity index (χ0) is 21.0. The molecule has 0 amide bonds. The Morgan fingerprint density at radius 2 is 1.73 bits per heavy atom. The molecule has 5 rings (SSSR count). The highest BCUT2D eigenvalue weighted by Crippen LogP contribution is 2.42. The maximum absolute atomic E-state index is 7.43. The normalized spacial score (nSPS) is 12.0. The first kappa shape index (κ1) is 18.7. The van der Waals surface area contributed by atoms with Gasteiger partial charge in [-0.05, 0) is 46.4 Å². The van der Waals surface area contributed by atoms with Crippen molar-refractivity contribution < 1.29 is 0 Å². The van der Waals surface area contributed by atoms with Crippen LogP contribution in [-0.2, 0) is 5.41 Å². The summed E-state index contributed by atoms with van der Waals surface area (Å²) in [5.74, 6) is 0. The number of thiophene rings is 1. The molecule has 0 bridgehead atoms. The lowest BCUT2D eigenvalue weighted by Crippen LogP contribution is -2.12. The fourth-order valence-corrected chi connectivity index (χ4v) is 5.42. The zero-order valence-corrected chi connectivity index (χ0v) is 18.3. The summed E-state index contributed by atoms with van der Waals surface area (Å²) in [5, 5.41) is 3.60. The predicted molar refractivity (Wildman–Crippen MR) is 128 cm³/mol. The molecule has 3 aromatic carbocycles. The number of aromatic nitrogens is 2. The van der Waals surface area contributed by atoms with E-state index in [0.29, 0.717) is 5.69 Å². The fourth-order valence-electron chi connectivity index (χ4n) is 4.16. The van der Waals surface area contributed by atoms with Crippen LogP contribution in [0.3, 0.4) is 0 Å². The highest BCUT2D eigenvalue weighted by Gasteiger charge is 2.20. The molecule has 0 fully saturated rings. The van der Waals surface area contributed by atoms with Gasteiger partial charge in [-0.2, -0.15) is 0 Å². The van der Waals surface area contributed by atoms with Crippen molar-refractivity contribution in [2.75, 3.05) is 0 Å². The van der Waals surface area contributed by atoms with Crippen molar-refractivity contribution in [3.05, 3.63) is 77.4 Å². The molecular weight excluding hydrogens is 386 g/mol. The monoisotopic (exact) mass is 407 g/mol. The first-order valence-corrected chi connectivity index (χ1v) is 10.8. The predicted octanol–water partition coefficient (Wildman–Crippen LogP) is 7.82. The average Bonchev–Trinajstić information content (AvgIpc) is 3.12. The van der Waals surface area contributed by atoms with Crippen molar-refractivity contribution in [1.82, 2.24) is 9.97 Å². The summed E-state index contributed by atoms with van der Waals surface area (Å²) in [6.45, 7) is 16.2. The Morgan fingerprint density at radius 3 is 2.50 bits per heavy atom. The van der Waals surface area contributed by atoms with Crippen molar-refractivity contribution in [2.45, 2.75) is 33.1 Å². The van der Waals surface area contributed by atoms with E-state index in [0.717, 1.165) is 37.1 Å². The fraction of sp³-hybridized carbons (Fsp3) is 0.192. The van der Waals surface area contributed by atoms with E-state index in [1.165, 1.54) is 16.3 Å². The van der Waals surface area contributed by atoms with E-state index in [2.05, 4.69) is 67.0 Å². The molecule has 0 aliphatic heterocycles. The summed E-state index contributed by atoms with van der Waals surface area (Å²) in [6.07, 6.45) is 1.66. The van der Waals surface area contributed by atoms with Crippen molar-refractivity contribution in [3.63, 3.8) is 0 Å². The highest BCUT2D eigenvalue weighted by atomic mass is 32.1. The number of aryl methyl sites for hydroxylation is 1. The van der Waals surface area contributed by atoms with Crippen molar-refractivity contribution in [1.29, 1.82) is 0 Å². The maximum Gasteiger partial charge on any atom is 0.191 e. The molecule has 30 heavy (non-hydrogen) atoms. The molecular formula is C26H21N3S. The summed E-state index contributed by atoms with van der Waals surface area (Å²) in [5.41, 5.74) is 6.08. The van der Waals surface area contributed by atoms with Crippen LogP contribution in [0.1, 0.15) is 31.9 Å². The Morgan fingerprint density at radius 1 is 0.933 bits per heavy atom. The van der Waals surface area contributed by atoms with Crippen LogP contribution in [0, 0.1) is 13.5 Å². The van der Waals surface area contributed by atoms with E-state index in [1.54, 1.807) is 17.7 Å². The molecule has 146 valence electrons. The zero-order valence-electron chi connectivity index (χ0n) is 17.4. The average molecular weight is 408 g/mol. The van der Waals surface area contributed by atoms with E-state index >= 15 is 0 Å². The third kappa shape index (κ3) is 2.78. The van der Waals surface area contributed by atoms with Gasteiger partial charge in [0.05, 0.1) is 22.5 Å². The summed E-state index contributed by atoms with van der Waals surface area (Å²) in [7, 11) is 0. The van der Waals surface area contributed by atoms with E-state index in [9.17, 15) is 0 Å². The lowest BCUT2D eigenvalue weighted by molar-refractivity contribution is 0.596. The molecule has 0 saturated carbocycles. The first-order valence-electron chi connectivity index (χ1n) is 9.96. The highest BCUT2D eigenvalue weighted by molar-refractivity contribution is 7.26. The molecule has 0 N–H and O–H groups in total. The van der Waals surface area contributed by atoms with Gasteiger partial charge in [0.25, 0.3) is 0 Å². The van der Waals surface area contributed by atoms with E-state index < -0.39 is 0 Å². The molecule has 4 heteroatoms. The van der Waals surface area contributed by atoms with Crippen LogP contribution < -0.4 is 0 Å². The summed E-state index contributed by atoms with van der Waals surface area (Å²) in [4.78, 5) is 13.0. The van der Waals surface area contributed by atoms with Crippen LogP contribution in [-0.4, -0.2) is 9.97 Å². The lowest BCUT2D eigenvalue weighted by atomic mass is 9.82. The summed E-state index contributed by atoms with van der Waals surface area (Å²) < 4.78 is 2.20.